The Balaban J connectivity index is 0.000000267. The summed E-state index contributed by atoms with van der Waals surface area (Å²) in [4.78, 5) is 10.4. The van der Waals surface area contributed by atoms with Crippen molar-refractivity contribution in [2.45, 2.75) is 19.4 Å². The number of ketones is 1. The molecular weight excluding hydrogens is 279 g/mol. The van der Waals surface area contributed by atoms with Crippen molar-refractivity contribution in [2.75, 3.05) is 13.1 Å². The van der Waals surface area contributed by atoms with E-state index in [2.05, 4.69) is 5.32 Å². The maximum absolute atomic E-state index is 10.4. The van der Waals surface area contributed by atoms with Gasteiger partial charge in [-0.3, -0.25) is 4.79 Å². The number of Topliss-reactive ketones (excluding diaryl/α,β-unsaturated/α-hetero) is 1. The van der Waals surface area contributed by atoms with Crippen molar-refractivity contribution in [3.8, 4) is 0 Å². The Morgan fingerprint density at radius 1 is 1.12 bits per heavy atom. The molecule has 1 aliphatic heterocycles. The normalized spacial score (nSPS) is 14.4. The summed E-state index contributed by atoms with van der Waals surface area (Å²) in [7, 11) is 0. The van der Waals surface area contributed by atoms with Gasteiger partial charge in [-0.15, -0.1) is 13.1 Å². The molecule has 1 radical (unpaired) electrons. The van der Waals surface area contributed by atoms with Crippen LogP contribution >= 0.6 is 0 Å². The molecule has 0 amide bonds. The van der Waals surface area contributed by atoms with Gasteiger partial charge >= 0.3 is 0 Å². The van der Waals surface area contributed by atoms with Gasteiger partial charge in [-0.25, -0.2) is 0 Å². The van der Waals surface area contributed by atoms with Crippen molar-refractivity contribution in [1.82, 2.24) is 0 Å². The van der Waals surface area contributed by atoms with Gasteiger partial charge in [0.15, 0.2) is 0 Å². The maximum Gasteiger partial charge on any atom is 0.129 e. The Hall–Kier alpha value is -0.0861. The molecule has 4 heteroatoms. The van der Waals surface area contributed by atoms with Crippen LogP contribution in [0.3, 0.4) is 0 Å². The van der Waals surface area contributed by atoms with Crippen LogP contribution in [-0.4, -0.2) is 24.0 Å². The van der Waals surface area contributed by atoms with Crippen LogP contribution < -0.4 is 0 Å². The summed E-state index contributed by atoms with van der Waals surface area (Å²) in [6.45, 7) is 1.67. The molecule has 1 heterocycles. The summed E-state index contributed by atoms with van der Waals surface area (Å²) in [6.07, 6.45) is 1.36. The monoisotopic (exact) mass is 295 g/mol. The molecule has 0 atom stereocenters. The van der Waals surface area contributed by atoms with Crippen molar-refractivity contribution < 1.29 is 42.6 Å². The van der Waals surface area contributed by atoms with Gasteiger partial charge in [0, 0.05) is 32.7 Å². The van der Waals surface area contributed by atoms with Crippen molar-refractivity contribution >= 4 is 5.78 Å². The summed E-state index contributed by atoms with van der Waals surface area (Å²) in [5, 5.41) is 12.5. The van der Waals surface area contributed by atoms with Gasteiger partial charge in [-0.05, 0) is 18.4 Å². The minimum atomic E-state index is 0. The molecule has 0 aromatic heterocycles. The second-order valence-electron chi connectivity index (χ2n) is 3.35. The Labute approximate surface area is 122 Å². The average Bonchev–Trinajstić information content (AvgIpc) is 2.32. The fourth-order valence-electron chi connectivity index (χ4n) is 1.23. The Morgan fingerprint density at radius 2 is 1.69 bits per heavy atom. The Kier molecular flexibility index (Phi) is 10.0. The summed E-state index contributed by atoms with van der Waals surface area (Å²) < 4.78 is 0. The summed E-state index contributed by atoms with van der Waals surface area (Å²) >= 11 is 0. The molecule has 16 heavy (non-hydrogen) atoms. The maximum atomic E-state index is 10.4. The van der Waals surface area contributed by atoms with Crippen molar-refractivity contribution in [1.29, 1.82) is 0 Å². The SMILES string of the molecule is O=C1CC[N-]CC1.OCc1ccccc1.[Y]. The molecule has 1 N–H and O–H groups in total. The number of carbonyl (C=O) groups is 1. The van der Waals surface area contributed by atoms with Gasteiger partial charge < -0.3 is 10.4 Å². The fraction of sp³-hybridized carbons (Fsp3) is 0.417. The largest absolute Gasteiger partial charge is 0.662 e. The van der Waals surface area contributed by atoms with Crippen LogP contribution in [-0.2, 0) is 44.1 Å². The molecular formula is C12H16NO2Y-. The van der Waals surface area contributed by atoms with E-state index in [1.165, 1.54) is 0 Å². The molecule has 0 saturated carbocycles. The molecule has 0 spiro atoms. The van der Waals surface area contributed by atoms with E-state index in [4.69, 9.17) is 5.11 Å². The van der Waals surface area contributed by atoms with Crippen LogP contribution in [0.4, 0.5) is 0 Å². The molecule has 85 valence electrons. The van der Waals surface area contributed by atoms with Gasteiger partial charge in [0.1, 0.15) is 5.78 Å². The van der Waals surface area contributed by atoms with Crippen LogP contribution in [0.2, 0.25) is 0 Å². The predicted molar refractivity (Wildman–Crippen MR) is 59.7 cm³/mol. The molecule has 2 rings (SSSR count). The van der Waals surface area contributed by atoms with Crippen molar-refractivity contribution in [3.05, 3.63) is 41.2 Å². The number of hydrogen-bond acceptors (Lipinski definition) is 2. The second-order valence-corrected chi connectivity index (χ2v) is 3.35. The van der Waals surface area contributed by atoms with Crippen molar-refractivity contribution in [3.63, 3.8) is 0 Å². The third-order valence-corrected chi connectivity index (χ3v) is 2.12. The molecule has 1 aromatic rings. The minimum Gasteiger partial charge on any atom is -0.662 e. The quantitative estimate of drug-likeness (QED) is 0.860. The van der Waals surface area contributed by atoms with Gasteiger partial charge in [0.05, 0.1) is 6.61 Å². The van der Waals surface area contributed by atoms with Gasteiger partial charge in [0.2, 0.25) is 0 Å². The molecule has 1 fully saturated rings. The van der Waals surface area contributed by atoms with Gasteiger partial charge in [-0.1, -0.05) is 30.3 Å². The molecule has 1 saturated heterocycles. The van der Waals surface area contributed by atoms with E-state index >= 15 is 0 Å². The van der Waals surface area contributed by atoms with Gasteiger partial charge in [0.25, 0.3) is 0 Å². The summed E-state index contributed by atoms with van der Waals surface area (Å²) in [5.74, 6) is 0.370. The Bertz CT molecular complexity index is 282. The van der Waals surface area contributed by atoms with Crippen molar-refractivity contribution in [2.24, 2.45) is 0 Å². The zero-order valence-corrected chi connectivity index (χ0v) is 12.1. The number of hydrogen-bond donors (Lipinski definition) is 1. The summed E-state index contributed by atoms with van der Waals surface area (Å²) in [5.41, 5.74) is 0.965. The van der Waals surface area contributed by atoms with E-state index in [9.17, 15) is 4.79 Å². The second kappa shape index (κ2) is 10.1. The third-order valence-electron chi connectivity index (χ3n) is 2.12. The number of rotatable bonds is 1. The molecule has 1 aromatic carbocycles. The molecule has 1 aliphatic rings. The minimum absolute atomic E-state index is 0. The van der Waals surface area contributed by atoms with Crippen LogP contribution in [0.5, 0.6) is 0 Å². The number of aliphatic hydroxyl groups is 1. The number of piperidine rings is 1. The van der Waals surface area contributed by atoms with Crippen LogP contribution in [0.25, 0.3) is 5.32 Å². The Morgan fingerprint density at radius 3 is 2.00 bits per heavy atom. The first kappa shape index (κ1) is 15.9. The molecule has 3 nitrogen and oxygen atoms in total. The van der Waals surface area contributed by atoms with E-state index in [1.807, 2.05) is 30.3 Å². The molecule has 0 unspecified atom stereocenters. The number of nitrogens with zero attached hydrogens (tertiary/aromatic N) is 1. The molecule has 0 aliphatic carbocycles. The average molecular weight is 295 g/mol. The smallest absolute Gasteiger partial charge is 0.129 e. The number of carbonyl (C=O) groups excluding carboxylic acids is 1. The number of aliphatic hydroxyl groups excluding tert-OH is 1. The first-order chi connectivity index (χ1) is 7.33. The predicted octanol–water partition coefficient (Wildman–Crippen LogP) is 1.90. The van der Waals surface area contributed by atoms with E-state index in [-0.39, 0.29) is 39.3 Å². The van der Waals surface area contributed by atoms with E-state index in [0.717, 1.165) is 18.7 Å². The zero-order chi connectivity index (χ0) is 10.9. The standard InChI is InChI=1S/C7H8O.C5H8NO.Y/c8-6-7-4-2-1-3-5-7;7-5-1-3-6-4-2-5;/h1-5,8H,6H2;1-4H2;/q;-1;. The van der Waals surface area contributed by atoms with E-state index in [0.29, 0.717) is 18.6 Å². The van der Waals surface area contributed by atoms with Gasteiger partial charge in [-0.2, -0.15) is 0 Å². The third kappa shape index (κ3) is 7.23. The first-order valence-corrected chi connectivity index (χ1v) is 5.12. The van der Waals surface area contributed by atoms with E-state index < -0.39 is 0 Å². The number of benzene rings is 1. The topological polar surface area (TPSA) is 51.4 Å². The van der Waals surface area contributed by atoms with Crippen LogP contribution in [0.1, 0.15) is 18.4 Å². The van der Waals surface area contributed by atoms with E-state index in [1.54, 1.807) is 0 Å². The first-order valence-electron chi connectivity index (χ1n) is 5.12. The zero-order valence-electron chi connectivity index (χ0n) is 9.30. The van der Waals surface area contributed by atoms with Crippen LogP contribution in [0.15, 0.2) is 30.3 Å². The summed E-state index contributed by atoms with van der Waals surface area (Å²) in [6, 6.07) is 9.52. The van der Waals surface area contributed by atoms with Crippen LogP contribution in [0, 0.1) is 0 Å². The fourth-order valence-corrected chi connectivity index (χ4v) is 1.23. The molecule has 0 bridgehead atoms.